The molecule has 2 aromatic rings. The summed E-state index contributed by atoms with van der Waals surface area (Å²) >= 11 is 0. The monoisotopic (exact) mass is 373 g/mol. The number of hydrogen-bond donors (Lipinski definition) is 4. The zero-order valence-corrected chi connectivity index (χ0v) is 15.1. The molecule has 4 N–H and O–H groups in total. The van der Waals surface area contributed by atoms with Crippen molar-refractivity contribution in [3.8, 4) is 0 Å². The van der Waals surface area contributed by atoms with Crippen molar-refractivity contribution in [1.29, 1.82) is 0 Å². The Morgan fingerprint density at radius 1 is 1.15 bits per heavy atom. The molecular formula is C18H23N5O4. The van der Waals surface area contributed by atoms with Crippen LogP contribution in [-0.4, -0.2) is 48.4 Å². The van der Waals surface area contributed by atoms with Crippen molar-refractivity contribution < 1.29 is 14.3 Å². The van der Waals surface area contributed by atoms with Gasteiger partial charge >= 0.3 is 12.0 Å². The third kappa shape index (κ3) is 6.14. The maximum Gasteiger partial charge on any atom is 0.333 e. The number of carbonyl (C=O) groups excluding carboxylic acids is 2. The number of fused-ring (bicyclic) bond motifs is 1. The van der Waals surface area contributed by atoms with Gasteiger partial charge in [0.15, 0.2) is 5.82 Å². The average molecular weight is 373 g/mol. The molecule has 0 radical (unpaired) electrons. The zero-order valence-electron chi connectivity index (χ0n) is 15.1. The summed E-state index contributed by atoms with van der Waals surface area (Å²) in [5.74, 6) is 0.112. The number of H-pyrrole nitrogens is 1. The number of esters is 1. The van der Waals surface area contributed by atoms with Gasteiger partial charge in [-0.3, -0.25) is 4.79 Å². The third-order valence-electron chi connectivity index (χ3n) is 3.60. The number of nitrogens with zero attached hydrogens (tertiary/aromatic N) is 1. The van der Waals surface area contributed by atoms with E-state index in [2.05, 4.69) is 32.7 Å². The lowest BCUT2D eigenvalue weighted by molar-refractivity contribution is -0.138. The minimum absolute atomic E-state index is 0.0889. The predicted octanol–water partition coefficient (Wildman–Crippen LogP) is 1.14. The highest BCUT2D eigenvalue weighted by Gasteiger charge is 2.06. The van der Waals surface area contributed by atoms with Crippen molar-refractivity contribution in [2.75, 3.05) is 31.6 Å². The van der Waals surface area contributed by atoms with Crippen molar-refractivity contribution in [2.45, 2.75) is 13.3 Å². The largest absolute Gasteiger partial charge is 0.460 e. The lowest BCUT2D eigenvalue weighted by Gasteiger charge is -2.10. The SMILES string of the molecule is C=C(C)C(=O)OCCNC(=O)NCCCNc1n[nH]c(=O)c2ccccc12. The fraction of sp³-hybridized carbons (Fsp3) is 0.333. The standard InChI is InChI=1S/C18H23N5O4/c1-12(2)17(25)27-11-10-21-18(26)20-9-5-8-19-15-13-6-3-4-7-14(13)16(24)23-22-15/h3-4,6-7H,1,5,8-11H2,2H3,(H,19,22)(H,23,24)(H2,20,21,26). The summed E-state index contributed by atoms with van der Waals surface area (Å²) in [5.41, 5.74) is 0.0835. The summed E-state index contributed by atoms with van der Waals surface area (Å²) in [6, 6.07) is 6.86. The van der Waals surface area contributed by atoms with Crippen molar-refractivity contribution >= 4 is 28.6 Å². The van der Waals surface area contributed by atoms with E-state index < -0.39 is 5.97 Å². The zero-order chi connectivity index (χ0) is 19.6. The summed E-state index contributed by atoms with van der Waals surface area (Å²) in [6.07, 6.45) is 0.660. The van der Waals surface area contributed by atoms with Crippen LogP contribution in [0.4, 0.5) is 10.6 Å². The minimum Gasteiger partial charge on any atom is -0.460 e. The lowest BCUT2D eigenvalue weighted by Crippen LogP contribution is -2.38. The van der Waals surface area contributed by atoms with Gasteiger partial charge in [0.05, 0.1) is 11.9 Å². The molecule has 27 heavy (non-hydrogen) atoms. The molecule has 1 heterocycles. The van der Waals surface area contributed by atoms with E-state index in [0.29, 0.717) is 36.3 Å². The Balaban J connectivity index is 1.64. The average Bonchev–Trinajstić information content (AvgIpc) is 2.66. The normalized spacial score (nSPS) is 10.3. The molecule has 0 fully saturated rings. The molecule has 9 nitrogen and oxygen atoms in total. The number of rotatable bonds is 9. The first kappa shape index (κ1) is 20.0. The number of nitrogens with one attached hydrogen (secondary N) is 4. The van der Waals surface area contributed by atoms with E-state index >= 15 is 0 Å². The number of hydrogen-bond acceptors (Lipinski definition) is 6. The molecule has 9 heteroatoms. The number of ether oxygens (including phenoxy) is 1. The molecule has 0 saturated carbocycles. The van der Waals surface area contributed by atoms with Crippen LogP contribution in [0.15, 0.2) is 41.2 Å². The first-order valence-electron chi connectivity index (χ1n) is 8.54. The van der Waals surface area contributed by atoms with E-state index in [1.54, 1.807) is 19.1 Å². The van der Waals surface area contributed by atoms with Gasteiger partial charge in [0, 0.05) is 24.0 Å². The van der Waals surface area contributed by atoms with Gasteiger partial charge in [0.1, 0.15) is 6.61 Å². The molecule has 1 aromatic heterocycles. The fourth-order valence-electron chi connectivity index (χ4n) is 2.24. The summed E-state index contributed by atoms with van der Waals surface area (Å²) < 4.78 is 4.87. The molecule has 0 aliphatic carbocycles. The van der Waals surface area contributed by atoms with Crippen molar-refractivity contribution in [3.05, 3.63) is 46.8 Å². The van der Waals surface area contributed by atoms with E-state index in [0.717, 1.165) is 5.39 Å². The van der Waals surface area contributed by atoms with E-state index in [-0.39, 0.29) is 24.7 Å². The van der Waals surface area contributed by atoms with Crippen LogP contribution in [0.5, 0.6) is 0 Å². The van der Waals surface area contributed by atoms with E-state index in [9.17, 15) is 14.4 Å². The van der Waals surface area contributed by atoms with Crippen LogP contribution in [-0.2, 0) is 9.53 Å². The van der Waals surface area contributed by atoms with Gasteiger partial charge in [0.2, 0.25) is 0 Å². The number of aromatic amines is 1. The van der Waals surface area contributed by atoms with Crippen molar-refractivity contribution in [1.82, 2.24) is 20.8 Å². The second-order valence-electron chi connectivity index (χ2n) is 5.83. The molecular weight excluding hydrogens is 350 g/mol. The minimum atomic E-state index is -0.480. The second kappa shape index (κ2) is 9.95. The van der Waals surface area contributed by atoms with Gasteiger partial charge in [-0.1, -0.05) is 24.8 Å². The first-order chi connectivity index (χ1) is 13.0. The highest BCUT2D eigenvalue weighted by Crippen LogP contribution is 2.16. The Morgan fingerprint density at radius 2 is 1.85 bits per heavy atom. The Morgan fingerprint density at radius 3 is 2.59 bits per heavy atom. The highest BCUT2D eigenvalue weighted by molar-refractivity contribution is 5.90. The molecule has 1 aromatic carbocycles. The van der Waals surface area contributed by atoms with Gasteiger partial charge in [-0.05, 0) is 19.4 Å². The molecule has 144 valence electrons. The molecule has 0 spiro atoms. The number of carbonyl (C=O) groups is 2. The van der Waals surface area contributed by atoms with E-state index in [1.165, 1.54) is 0 Å². The van der Waals surface area contributed by atoms with Crippen LogP contribution in [0.2, 0.25) is 0 Å². The van der Waals surface area contributed by atoms with Crippen LogP contribution in [0, 0.1) is 0 Å². The smallest absolute Gasteiger partial charge is 0.333 e. The molecule has 2 rings (SSSR count). The van der Waals surface area contributed by atoms with Gasteiger partial charge in [-0.15, -0.1) is 0 Å². The molecule has 0 aliphatic heterocycles. The Hall–Kier alpha value is -3.36. The number of aromatic nitrogens is 2. The Kier molecular flexibility index (Phi) is 7.36. The highest BCUT2D eigenvalue weighted by atomic mass is 16.5. The quantitative estimate of drug-likeness (QED) is 0.297. The molecule has 2 amide bonds. The fourth-order valence-corrected chi connectivity index (χ4v) is 2.24. The molecule has 0 atom stereocenters. The van der Waals surface area contributed by atoms with Crippen LogP contribution in [0.3, 0.4) is 0 Å². The lowest BCUT2D eigenvalue weighted by atomic mass is 10.2. The van der Waals surface area contributed by atoms with Crippen LogP contribution in [0.1, 0.15) is 13.3 Å². The summed E-state index contributed by atoms with van der Waals surface area (Å²) in [6.45, 7) is 6.35. The summed E-state index contributed by atoms with van der Waals surface area (Å²) in [5, 5.41) is 16.2. The van der Waals surface area contributed by atoms with Crippen LogP contribution < -0.4 is 21.5 Å². The Labute approximate surface area is 156 Å². The molecule has 0 bridgehead atoms. The van der Waals surface area contributed by atoms with Crippen molar-refractivity contribution in [3.63, 3.8) is 0 Å². The number of amides is 2. The van der Waals surface area contributed by atoms with Gasteiger partial charge in [-0.2, -0.15) is 5.10 Å². The first-order valence-corrected chi connectivity index (χ1v) is 8.54. The Bertz CT molecular complexity index is 877. The number of anilines is 1. The van der Waals surface area contributed by atoms with Crippen LogP contribution >= 0.6 is 0 Å². The topological polar surface area (TPSA) is 125 Å². The summed E-state index contributed by atoms with van der Waals surface area (Å²) in [7, 11) is 0. The van der Waals surface area contributed by atoms with E-state index in [1.807, 2.05) is 12.1 Å². The molecule has 0 unspecified atom stereocenters. The maximum atomic E-state index is 11.7. The number of benzene rings is 1. The maximum absolute atomic E-state index is 11.7. The van der Waals surface area contributed by atoms with Crippen LogP contribution in [0.25, 0.3) is 10.8 Å². The van der Waals surface area contributed by atoms with Crippen molar-refractivity contribution in [2.24, 2.45) is 0 Å². The summed E-state index contributed by atoms with van der Waals surface area (Å²) in [4.78, 5) is 34.5. The van der Waals surface area contributed by atoms with E-state index in [4.69, 9.17) is 4.74 Å². The van der Waals surface area contributed by atoms with Gasteiger partial charge in [0.25, 0.3) is 5.56 Å². The number of urea groups is 1. The molecule has 0 aliphatic rings. The molecule has 0 saturated heterocycles. The van der Waals surface area contributed by atoms with Gasteiger partial charge in [-0.25, -0.2) is 14.7 Å². The predicted molar refractivity (Wildman–Crippen MR) is 103 cm³/mol. The third-order valence-corrected chi connectivity index (χ3v) is 3.60. The second-order valence-corrected chi connectivity index (χ2v) is 5.83. The van der Waals surface area contributed by atoms with Gasteiger partial charge < -0.3 is 20.7 Å².